The van der Waals surface area contributed by atoms with Crippen molar-refractivity contribution in [2.45, 2.75) is 4.90 Å². The number of non-ortho nitro benzene ring substituents is 1. The predicted molar refractivity (Wildman–Crippen MR) is 102 cm³/mol. The average Bonchev–Trinajstić information content (AvgIpc) is 2.73. The number of carbonyl (C=O) groups excluding carboxylic acids is 1. The molecule has 1 aliphatic rings. The van der Waals surface area contributed by atoms with E-state index in [2.05, 4.69) is 5.32 Å². The molecule has 1 fully saturated rings. The Hall–Kier alpha value is -2.82. The molecule has 0 unspecified atom stereocenters. The van der Waals surface area contributed by atoms with E-state index in [9.17, 15) is 23.3 Å². The highest BCUT2D eigenvalue weighted by molar-refractivity contribution is 7.89. The molecule has 1 N–H and O–H groups in total. The minimum atomic E-state index is -3.57. The zero-order valence-electron chi connectivity index (χ0n) is 14.9. The summed E-state index contributed by atoms with van der Waals surface area (Å²) in [5, 5.41) is 13.7. The molecule has 148 valence electrons. The van der Waals surface area contributed by atoms with Crippen LogP contribution in [0, 0.1) is 10.1 Å². The van der Waals surface area contributed by atoms with Crippen molar-refractivity contribution in [3.8, 4) is 0 Å². The summed E-state index contributed by atoms with van der Waals surface area (Å²) >= 11 is 0. The molecule has 0 spiro atoms. The highest BCUT2D eigenvalue weighted by atomic mass is 32.2. The van der Waals surface area contributed by atoms with Crippen LogP contribution in [0.25, 0.3) is 0 Å². The molecule has 0 atom stereocenters. The lowest BCUT2D eigenvalue weighted by Gasteiger charge is -2.26. The molecular weight excluding hydrogens is 386 g/mol. The summed E-state index contributed by atoms with van der Waals surface area (Å²) < 4.78 is 31.7. The molecule has 0 aromatic heterocycles. The van der Waals surface area contributed by atoms with E-state index < -0.39 is 14.9 Å². The Morgan fingerprint density at radius 2 is 1.82 bits per heavy atom. The monoisotopic (exact) mass is 405 g/mol. The first-order chi connectivity index (χ1) is 13.4. The number of nitro benzene ring substituents is 1. The van der Waals surface area contributed by atoms with Crippen molar-refractivity contribution in [2.24, 2.45) is 0 Å². The number of hydrogen-bond donors (Lipinski definition) is 1. The lowest BCUT2D eigenvalue weighted by atomic mass is 10.1. The van der Waals surface area contributed by atoms with E-state index >= 15 is 0 Å². The van der Waals surface area contributed by atoms with E-state index in [1.165, 1.54) is 40.7 Å². The second-order valence-electron chi connectivity index (χ2n) is 6.13. The fraction of sp³-hybridized carbons (Fsp3) is 0.278. The van der Waals surface area contributed by atoms with Gasteiger partial charge in [0.05, 0.1) is 29.6 Å². The topological polar surface area (TPSA) is 119 Å². The molecule has 3 rings (SSSR count). The van der Waals surface area contributed by atoms with Gasteiger partial charge < -0.3 is 10.1 Å². The number of benzene rings is 2. The summed E-state index contributed by atoms with van der Waals surface area (Å²) in [6.07, 6.45) is 0. The molecule has 0 saturated carbocycles. The molecule has 10 heteroatoms. The minimum Gasteiger partial charge on any atom is -0.379 e. The van der Waals surface area contributed by atoms with Gasteiger partial charge in [-0.05, 0) is 24.3 Å². The van der Waals surface area contributed by atoms with Gasteiger partial charge in [0.2, 0.25) is 10.0 Å². The van der Waals surface area contributed by atoms with Gasteiger partial charge in [0, 0.05) is 36.5 Å². The molecule has 2 aromatic rings. The third kappa shape index (κ3) is 4.53. The third-order valence-electron chi connectivity index (χ3n) is 4.29. The Bertz CT molecular complexity index is 969. The van der Waals surface area contributed by atoms with Gasteiger partial charge in [-0.2, -0.15) is 4.31 Å². The molecule has 0 aliphatic carbocycles. The standard InChI is InChI=1S/C18H19N3O6S/c22-18(14-2-1-3-16(12-14)21(23)24)13-19-15-4-6-17(7-5-15)28(25,26)20-8-10-27-11-9-20/h1-7,12,19H,8-11,13H2. The van der Waals surface area contributed by atoms with E-state index in [-0.39, 0.29) is 28.5 Å². The number of nitro groups is 1. The number of carbonyl (C=O) groups is 1. The third-order valence-corrected chi connectivity index (χ3v) is 6.21. The number of ketones is 1. The van der Waals surface area contributed by atoms with Crippen LogP contribution in [0.15, 0.2) is 53.4 Å². The zero-order chi connectivity index (χ0) is 20.1. The molecular formula is C18H19N3O6S. The Kier molecular flexibility index (Phi) is 6.02. The van der Waals surface area contributed by atoms with Crippen molar-refractivity contribution in [3.05, 3.63) is 64.2 Å². The lowest BCUT2D eigenvalue weighted by Crippen LogP contribution is -2.40. The highest BCUT2D eigenvalue weighted by Crippen LogP contribution is 2.20. The van der Waals surface area contributed by atoms with Gasteiger partial charge in [-0.15, -0.1) is 0 Å². The predicted octanol–water partition coefficient (Wildman–Crippen LogP) is 1.91. The van der Waals surface area contributed by atoms with E-state index in [4.69, 9.17) is 4.74 Å². The first kappa shape index (κ1) is 19.9. The van der Waals surface area contributed by atoms with Crippen molar-refractivity contribution in [1.29, 1.82) is 0 Å². The molecule has 0 radical (unpaired) electrons. The van der Waals surface area contributed by atoms with Crippen LogP contribution in [0.3, 0.4) is 0 Å². The second-order valence-corrected chi connectivity index (χ2v) is 8.06. The Morgan fingerprint density at radius 3 is 2.46 bits per heavy atom. The molecule has 2 aromatic carbocycles. The number of nitrogens with one attached hydrogen (secondary N) is 1. The maximum absolute atomic E-state index is 12.6. The van der Waals surface area contributed by atoms with E-state index in [1.54, 1.807) is 12.1 Å². The summed E-state index contributed by atoms with van der Waals surface area (Å²) in [4.78, 5) is 22.6. The van der Waals surface area contributed by atoms with Gasteiger partial charge in [0.15, 0.2) is 5.78 Å². The Morgan fingerprint density at radius 1 is 1.14 bits per heavy atom. The Labute approximate surface area is 162 Å². The zero-order valence-corrected chi connectivity index (χ0v) is 15.7. The van der Waals surface area contributed by atoms with Gasteiger partial charge in [-0.25, -0.2) is 8.42 Å². The molecule has 28 heavy (non-hydrogen) atoms. The average molecular weight is 405 g/mol. The number of rotatable bonds is 7. The van der Waals surface area contributed by atoms with Crippen LogP contribution in [0.4, 0.5) is 11.4 Å². The maximum Gasteiger partial charge on any atom is 0.270 e. The van der Waals surface area contributed by atoms with Crippen molar-refractivity contribution in [1.82, 2.24) is 4.31 Å². The molecule has 0 amide bonds. The second kappa shape index (κ2) is 8.46. The summed E-state index contributed by atoms with van der Waals surface area (Å²) in [7, 11) is -3.57. The number of ether oxygens (including phenoxy) is 1. The quantitative estimate of drug-likeness (QED) is 0.424. The van der Waals surface area contributed by atoms with Crippen LogP contribution >= 0.6 is 0 Å². The van der Waals surface area contributed by atoms with Crippen LogP contribution < -0.4 is 5.32 Å². The lowest BCUT2D eigenvalue weighted by molar-refractivity contribution is -0.384. The normalized spacial score (nSPS) is 15.1. The SMILES string of the molecule is O=C(CNc1ccc(S(=O)(=O)N2CCOCC2)cc1)c1cccc([N+](=O)[O-])c1. The number of anilines is 1. The van der Waals surface area contributed by atoms with Crippen LogP contribution in [-0.4, -0.2) is 56.3 Å². The number of hydrogen-bond acceptors (Lipinski definition) is 7. The van der Waals surface area contributed by atoms with Gasteiger partial charge in [0.25, 0.3) is 5.69 Å². The summed E-state index contributed by atoms with van der Waals surface area (Å²) in [5.41, 5.74) is 0.649. The fourth-order valence-electron chi connectivity index (χ4n) is 2.76. The minimum absolute atomic E-state index is 0.0727. The van der Waals surface area contributed by atoms with Gasteiger partial charge in [-0.3, -0.25) is 14.9 Å². The number of Topliss-reactive ketones (excluding diaryl/α,β-unsaturated/α-hetero) is 1. The maximum atomic E-state index is 12.6. The van der Waals surface area contributed by atoms with E-state index in [1.807, 2.05) is 0 Å². The van der Waals surface area contributed by atoms with Gasteiger partial charge in [-0.1, -0.05) is 12.1 Å². The fourth-order valence-corrected chi connectivity index (χ4v) is 4.17. The van der Waals surface area contributed by atoms with Crippen LogP contribution in [0.2, 0.25) is 0 Å². The summed E-state index contributed by atoms with van der Waals surface area (Å²) in [6, 6.07) is 11.6. The van der Waals surface area contributed by atoms with E-state index in [0.29, 0.717) is 32.0 Å². The molecule has 1 heterocycles. The smallest absolute Gasteiger partial charge is 0.270 e. The van der Waals surface area contributed by atoms with Gasteiger partial charge in [0.1, 0.15) is 0 Å². The van der Waals surface area contributed by atoms with E-state index in [0.717, 1.165) is 0 Å². The van der Waals surface area contributed by atoms with Crippen molar-refractivity contribution in [3.63, 3.8) is 0 Å². The summed E-state index contributed by atoms with van der Waals surface area (Å²) in [5.74, 6) is -0.311. The van der Waals surface area contributed by atoms with Crippen LogP contribution in [0.1, 0.15) is 10.4 Å². The molecule has 1 aliphatic heterocycles. The number of sulfonamides is 1. The largest absolute Gasteiger partial charge is 0.379 e. The van der Waals surface area contributed by atoms with Crippen molar-refractivity contribution >= 4 is 27.2 Å². The van der Waals surface area contributed by atoms with Crippen LogP contribution in [0.5, 0.6) is 0 Å². The number of nitrogens with zero attached hydrogens (tertiary/aromatic N) is 2. The van der Waals surface area contributed by atoms with Gasteiger partial charge >= 0.3 is 0 Å². The summed E-state index contributed by atoms with van der Waals surface area (Å²) in [6.45, 7) is 1.31. The molecule has 0 bridgehead atoms. The Balaban J connectivity index is 1.63. The van der Waals surface area contributed by atoms with Crippen molar-refractivity contribution in [2.75, 3.05) is 38.2 Å². The van der Waals surface area contributed by atoms with Crippen molar-refractivity contribution < 1.29 is 22.9 Å². The van der Waals surface area contributed by atoms with Crippen LogP contribution in [-0.2, 0) is 14.8 Å². The molecule has 1 saturated heterocycles. The highest BCUT2D eigenvalue weighted by Gasteiger charge is 2.26. The first-order valence-corrected chi connectivity index (χ1v) is 10.0. The molecule has 9 nitrogen and oxygen atoms in total. The first-order valence-electron chi connectivity index (χ1n) is 8.57. The number of morpholine rings is 1.